The lowest BCUT2D eigenvalue weighted by atomic mass is 10.1. The summed E-state index contributed by atoms with van der Waals surface area (Å²) in [6.07, 6.45) is 4.40. The van der Waals surface area contributed by atoms with Crippen molar-refractivity contribution < 1.29 is 0 Å². The Morgan fingerprint density at radius 3 is 2.70 bits per heavy atom. The van der Waals surface area contributed by atoms with E-state index < -0.39 is 0 Å². The normalized spacial score (nSPS) is 11.0. The molecule has 0 amide bonds. The van der Waals surface area contributed by atoms with Crippen LogP contribution in [0.4, 0.5) is 5.82 Å². The number of pyridine rings is 3. The average molecular weight is 400 g/mol. The van der Waals surface area contributed by atoms with E-state index in [1.165, 1.54) is 0 Å². The fourth-order valence-electron chi connectivity index (χ4n) is 3.52. The first kappa shape index (κ1) is 19.6. The SMILES string of the molecule is C=C(C)c1ccc(-n2c(=O)[nH]c3ncccc32)nc1N(CCC)Cc1ccccn1. The topological polar surface area (TPSA) is 79.7 Å². The lowest BCUT2D eigenvalue weighted by Gasteiger charge is -2.26. The largest absolute Gasteiger partial charge is 0.350 e. The molecule has 4 heterocycles. The van der Waals surface area contributed by atoms with Crippen LogP contribution in [-0.4, -0.2) is 31.0 Å². The van der Waals surface area contributed by atoms with Gasteiger partial charge < -0.3 is 4.90 Å². The molecule has 0 bridgehead atoms. The second kappa shape index (κ2) is 8.32. The van der Waals surface area contributed by atoms with Gasteiger partial charge in [-0.3, -0.25) is 9.97 Å². The number of aromatic nitrogens is 5. The standard InChI is InChI=1S/C23H24N6O/c1-4-14-28(15-17-8-5-6-12-24-17)22-18(16(2)3)10-11-20(26-22)29-19-9-7-13-25-21(19)27-23(29)30/h5-13H,2,4,14-15H2,1,3H3,(H,25,27,30). The molecule has 0 spiro atoms. The Labute approximate surface area is 174 Å². The molecule has 0 unspecified atom stereocenters. The van der Waals surface area contributed by atoms with Crippen LogP contribution in [0.5, 0.6) is 0 Å². The van der Waals surface area contributed by atoms with Gasteiger partial charge in [0.2, 0.25) is 0 Å². The molecule has 30 heavy (non-hydrogen) atoms. The number of rotatable bonds is 7. The highest BCUT2D eigenvalue weighted by atomic mass is 16.1. The number of H-pyrrole nitrogens is 1. The first-order valence-corrected chi connectivity index (χ1v) is 9.96. The maximum Gasteiger partial charge on any atom is 0.333 e. The first-order chi connectivity index (χ1) is 14.6. The third-order valence-corrected chi connectivity index (χ3v) is 4.88. The van der Waals surface area contributed by atoms with Gasteiger partial charge in [0.15, 0.2) is 5.65 Å². The molecule has 7 nitrogen and oxygen atoms in total. The van der Waals surface area contributed by atoms with Crippen molar-refractivity contribution in [2.75, 3.05) is 11.4 Å². The highest BCUT2D eigenvalue weighted by Gasteiger charge is 2.18. The molecule has 0 aliphatic carbocycles. The predicted octanol–water partition coefficient (Wildman–Crippen LogP) is 3.95. The number of nitrogens with one attached hydrogen (secondary N) is 1. The summed E-state index contributed by atoms with van der Waals surface area (Å²) < 4.78 is 1.55. The lowest BCUT2D eigenvalue weighted by molar-refractivity contribution is 0.738. The van der Waals surface area contributed by atoms with E-state index >= 15 is 0 Å². The van der Waals surface area contributed by atoms with Crippen molar-refractivity contribution in [3.05, 3.63) is 83.2 Å². The average Bonchev–Trinajstić information content (AvgIpc) is 3.09. The van der Waals surface area contributed by atoms with Crippen LogP contribution in [-0.2, 0) is 6.54 Å². The van der Waals surface area contributed by atoms with E-state index in [4.69, 9.17) is 4.98 Å². The van der Waals surface area contributed by atoms with Crippen molar-refractivity contribution in [2.45, 2.75) is 26.8 Å². The van der Waals surface area contributed by atoms with Gasteiger partial charge in [-0.2, -0.15) is 0 Å². The molecule has 4 aromatic rings. The van der Waals surface area contributed by atoms with E-state index in [0.717, 1.165) is 35.6 Å². The minimum atomic E-state index is -0.267. The van der Waals surface area contributed by atoms with Crippen LogP contribution in [0.15, 0.2) is 66.2 Å². The second-order valence-electron chi connectivity index (χ2n) is 7.20. The molecule has 0 radical (unpaired) electrons. The Balaban J connectivity index is 1.86. The molecule has 0 saturated carbocycles. The van der Waals surface area contributed by atoms with Gasteiger partial charge in [-0.25, -0.2) is 19.3 Å². The number of aromatic amines is 1. The van der Waals surface area contributed by atoms with Gasteiger partial charge in [-0.1, -0.05) is 19.6 Å². The predicted molar refractivity (Wildman–Crippen MR) is 120 cm³/mol. The van der Waals surface area contributed by atoms with E-state index in [1.807, 2.05) is 43.3 Å². The monoisotopic (exact) mass is 400 g/mol. The summed E-state index contributed by atoms with van der Waals surface area (Å²) in [5.74, 6) is 1.33. The summed E-state index contributed by atoms with van der Waals surface area (Å²) in [4.78, 5) is 31.2. The van der Waals surface area contributed by atoms with Gasteiger partial charge in [-0.05, 0) is 55.3 Å². The summed E-state index contributed by atoms with van der Waals surface area (Å²) in [6.45, 7) is 9.65. The van der Waals surface area contributed by atoms with Crippen molar-refractivity contribution in [1.29, 1.82) is 0 Å². The quantitative estimate of drug-likeness (QED) is 0.508. The lowest BCUT2D eigenvalue weighted by Crippen LogP contribution is -2.27. The molecular formula is C23H24N6O. The summed E-state index contributed by atoms with van der Waals surface area (Å²) in [5, 5.41) is 0. The second-order valence-corrected chi connectivity index (χ2v) is 7.20. The fourth-order valence-corrected chi connectivity index (χ4v) is 3.52. The molecule has 0 aliphatic rings. The third-order valence-electron chi connectivity index (χ3n) is 4.88. The van der Waals surface area contributed by atoms with Gasteiger partial charge in [0.1, 0.15) is 11.6 Å². The van der Waals surface area contributed by atoms with Crippen LogP contribution in [0.3, 0.4) is 0 Å². The van der Waals surface area contributed by atoms with Gasteiger partial charge in [0, 0.05) is 24.5 Å². The number of nitrogens with zero attached hydrogens (tertiary/aromatic N) is 5. The zero-order chi connectivity index (χ0) is 21.1. The third kappa shape index (κ3) is 3.74. The Kier molecular flexibility index (Phi) is 5.43. The molecule has 7 heteroatoms. The molecular weight excluding hydrogens is 376 g/mol. The number of allylic oxidation sites excluding steroid dienone is 1. The molecule has 1 N–H and O–H groups in total. The minimum Gasteiger partial charge on any atom is -0.350 e. The number of anilines is 1. The molecule has 4 aromatic heterocycles. The van der Waals surface area contributed by atoms with Crippen molar-refractivity contribution >= 4 is 22.6 Å². The number of imidazole rings is 1. The Hall–Kier alpha value is -3.74. The van der Waals surface area contributed by atoms with Crippen molar-refractivity contribution in [2.24, 2.45) is 0 Å². The van der Waals surface area contributed by atoms with Gasteiger partial charge >= 0.3 is 5.69 Å². The maximum atomic E-state index is 12.6. The smallest absolute Gasteiger partial charge is 0.333 e. The maximum absolute atomic E-state index is 12.6. The number of fused-ring (bicyclic) bond motifs is 1. The van der Waals surface area contributed by atoms with E-state index in [0.29, 0.717) is 23.5 Å². The van der Waals surface area contributed by atoms with Crippen molar-refractivity contribution in [1.82, 2.24) is 24.5 Å². The molecule has 152 valence electrons. The summed E-state index contributed by atoms with van der Waals surface area (Å²) in [5.41, 5.74) is 3.79. The van der Waals surface area contributed by atoms with Crippen molar-refractivity contribution in [3.63, 3.8) is 0 Å². The summed E-state index contributed by atoms with van der Waals surface area (Å²) in [7, 11) is 0. The number of hydrogen-bond donors (Lipinski definition) is 1. The van der Waals surface area contributed by atoms with E-state index in [1.54, 1.807) is 23.0 Å². The van der Waals surface area contributed by atoms with Gasteiger partial charge in [0.25, 0.3) is 0 Å². The fraction of sp³-hybridized carbons (Fsp3) is 0.217. The minimum absolute atomic E-state index is 0.267. The molecule has 0 saturated heterocycles. The molecule has 0 atom stereocenters. The van der Waals surface area contributed by atoms with E-state index in [2.05, 4.69) is 33.4 Å². The van der Waals surface area contributed by atoms with Crippen LogP contribution >= 0.6 is 0 Å². The van der Waals surface area contributed by atoms with Crippen LogP contribution in [0, 0.1) is 0 Å². The Morgan fingerprint density at radius 2 is 1.97 bits per heavy atom. The van der Waals surface area contributed by atoms with E-state index in [9.17, 15) is 4.79 Å². The summed E-state index contributed by atoms with van der Waals surface area (Å²) in [6, 6.07) is 13.4. The molecule has 4 rings (SSSR count). The van der Waals surface area contributed by atoms with Crippen LogP contribution in [0.2, 0.25) is 0 Å². The van der Waals surface area contributed by atoms with E-state index in [-0.39, 0.29) is 5.69 Å². The van der Waals surface area contributed by atoms with Gasteiger partial charge in [0.05, 0.1) is 17.8 Å². The highest BCUT2D eigenvalue weighted by molar-refractivity contribution is 5.75. The van der Waals surface area contributed by atoms with Crippen LogP contribution in [0.1, 0.15) is 31.5 Å². The van der Waals surface area contributed by atoms with Gasteiger partial charge in [-0.15, -0.1) is 0 Å². The molecule has 0 fully saturated rings. The van der Waals surface area contributed by atoms with Crippen molar-refractivity contribution in [3.8, 4) is 5.82 Å². The Bertz CT molecular complexity index is 1240. The first-order valence-electron chi connectivity index (χ1n) is 9.96. The van der Waals surface area contributed by atoms with Crippen LogP contribution < -0.4 is 10.6 Å². The zero-order valence-electron chi connectivity index (χ0n) is 17.2. The molecule has 0 aromatic carbocycles. The number of hydrogen-bond acceptors (Lipinski definition) is 5. The zero-order valence-corrected chi connectivity index (χ0v) is 17.2. The van der Waals surface area contributed by atoms with Crippen LogP contribution in [0.25, 0.3) is 22.6 Å². The Morgan fingerprint density at radius 1 is 1.13 bits per heavy atom. The highest BCUT2D eigenvalue weighted by Crippen LogP contribution is 2.27. The molecule has 0 aliphatic heterocycles. The summed E-state index contributed by atoms with van der Waals surface area (Å²) >= 11 is 0.